The van der Waals surface area contributed by atoms with Crippen LogP contribution in [0.2, 0.25) is 0 Å². The quantitative estimate of drug-likeness (QED) is 0.159. The summed E-state index contributed by atoms with van der Waals surface area (Å²) in [6.45, 7) is 5.53. The molecular formula is C18H30N2O8. The van der Waals surface area contributed by atoms with Crippen LogP contribution in [0.25, 0.3) is 0 Å². The number of carbonyl (C=O) groups is 4. The molecule has 10 nitrogen and oxygen atoms in total. The number of rotatable bonds is 16. The van der Waals surface area contributed by atoms with Crippen molar-refractivity contribution in [2.75, 3.05) is 60.2 Å². The largest absolute Gasteiger partial charge is 0.469 e. The molecule has 0 spiro atoms. The van der Waals surface area contributed by atoms with Crippen molar-refractivity contribution < 1.29 is 38.1 Å². The lowest BCUT2D eigenvalue weighted by Gasteiger charge is -2.21. The Kier molecular flexibility index (Phi) is 15.2. The molecule has 0 amide bonds. The van der Waals surface area contributed by atoms with Crippen LogP contribution in [-0.2, 0) is 38.1 Å². The number of hydrogen-bond donors (Lipinski definition) is 1. The van der Waals surface area contributed by atoms with Crippen molar-refractivity contribution in [3.05, 3.63) is 12.7 Å². The predicted molar refractivity (Wildman–Crippen MR) is 99.3 cm³/mol. The van der Waals surface area contributed by atoms with Crippen molar-refractivity contribution >= 4 is 23.9 Å². The molecule has 0 aliphatic heterocycles. The lowest BCUT2D eigenvalue weighted by molar-refractivity contribution is -0.145. The van der Waals surface area contributed by atoms with Crippen LogP contribution in [0, 0.1) is 0 Å². The molecule has 0 aromatic carbocycles. The summed E-state index contributed by atoms with van der Waals surface area (Å²) in [5, 5.41) is 2.96. The van der Waals surface area contributed by atoms with E-state index in [2.05, 4.69) is 21.4 Å². The zero-order chi connectivity index (χ0) is 21.2. The highest BCUT2D eigenvalue weighted by atomic mass is 16.5. The van der Waals surface area contributed by atoms with Gasteiger partial charge in [-0.1, -0.05) is 6.58 Å². The molecule has 0 unspecified atom stereocenters. The number of nitrogens with one attached hydrogen (secondary N) is 1. The summed E-state index contributed by atoms with van der Waals surface area (Å²) >= 11 is 0. The number of nitrogens with zero attached hydrogens (tertiary/aromatic N) is 1. The minimum atomic E-state index is -0.535. The highest BCUT2D eigenvalue weighted by Crippen LogP contribution is 1.98. The van der Waals surface area contributed by atoms with Gasteiger partial charge >= 0.3 is 23.9 Å². The lowest BCUT2D eigenvalue weighted by Crippen LogP contribution is -2.33. The molecule has 0 aliphatic rings. The second kappa shape index (κ2) is 16.7. The number of methoxy groups -OCH3 is 2. The fraction of sp³-hybridized carbons (Fsp3) is 0.667. The minimum Gasteiger partial charge on any atom is -0.469 e. The normalized spacial score (nSPS) is 10.2. The maximum absolute atomic E-state index is 11.8. The van der Waals surface area contributed by atoms with Gasteiger partial charge < -0.3 is 24.3 Å². The molecule has 0 atom stereocenters. The van der Waals surface area contributed by atoms with E-state index in [1.54, 1.807) is 0 Å². The average Bonchev–Trinajstić information content (AvgIpc) is 2.71. The summed E-state index contributed by atoms with van der Waals surface area (Å²) < 4.78 is 19.1. The molecule has 0 aromatic rings. The molecule has 10 heteroatoms. The summed E-state index contributed by atoms with van der Waals surface area (Å²) in [7, 11) is 2.62. The Morgan fingerprint density at radius 2 is 1.43 bits per heavy atom. The second-order valence-corrected chi connectivity index (χ2v) is 5.59. The van der Waals surface area contributed by atoms with E-state index < -0.39 is 5.97 Å². The van der Waals surface area contributed by atoms with Crippen LogP contribution in [0.1, 0.15) is 19.3 Å². The second-order valence-electron chi connectivity index (χ2n) is 5.59. The Balaban J connectivity index is 4.07. The third kappa shape index (κ3) is 14.7. The molecule has 0 aromatic heterocycles. The van der Waals surface area contributed by atoms with Gasteiger partial charge in [0.15, 0.2) is 0 Å². The molecule has 0 bridgehead atoms. The van der Waals surface area contributed by atoms with Crippen molar-refractivity contribution in [2.45, 2.75) is 19.3 Å². The number of ether oxygens (including phenoxy) is 4. The predicted octanol–water partition coefficient (Wildman–Crippen LogP) is -0.333. The van der Waals surface area contributed by atoms with E-state index in [-0.39, 0.29) is 50.4 Å². The molecule has 0 aliphatic carbocycles. The van der Waals surface area contributed by atoms with E-state index in [1.165, 1.54) is 14.2 Å². The molecule has 28 heavy (non-hydrogen) atoms. The first-order valence-electron chi connectivity index (χ1n) is 8.94. The zero-order valence-electron chi connectivity index (χ0n) is 16.6. The number of esters is 4. The summed E-state index contributed by atoms with van der Waals surface area (Å²) in [4.78, 5) is 46.9. The molecule has 0 fully saturated rings. The molecule has 0 heterocycles. The lowest BCUT2D eigenvalue weighted by atomic mass is 10.3. The first kappa shape index (κ1) is 25.5. The van der Waals surface area contributed by atoms with Crippen LogP contribution in [0.15, 0.2) is 12.7 Å². The average molecular weight is 402 g/mol. The molecule has 160 valence electrons. The van der Waals surface area contributed by atoms with E-state index in [9.17, 15) is 19.2 Å². The van der Waals surface area contributed by atoms with Crippen LogP contribution in [0.3, 0.4) is 0 Å². The number of carbonyl (C=O) groups excluding carboxylic acids is 4. The van der Waals surface area contributed by atoms with Crippen LogP contribution < -0.4 is 5.32 Å². The Morgan fingerprint density at radius 3 is 2.04 bits per heavy atom. The summed E-state index contributed by atoms with van der Waals surface area (Å²) in [6, 6.07) is 0. The monoisotopic (exact) mass is 402 g/mol. The van der Waals surface area contributed by atoms with Crippen molar-refractivity contribution in [1.29, 1.82) is 0 Å². The van der Waals surface area contributed by atoms with Gasteiger partial charge in [0.05, 0.1) is 33.5 Å². The Hall–Kier alpha value is -2.46. The maximum Gasteiger partial charge on any atom is 0.330 e. The van der Waals surface area contributed by atoms with E-state index in [4.69, 9.17) is 9.47 Å². The van der Waals surface area contributed by atoms with Crippen LogP contribution in [0.4, 0.5) is 0 Å². The Labute approximate surface area is 165 Å². The molecule has 0 saturated heterocycles. The SMILES string of the molecule is C=CC(=O)OCCN(CCC(=O)OC)CCC(=O)OCCNCCC(=O)OC. The first-order chi connectivity index (χ1) is 13.4. The van der Waals surface area contributed by atoms with Gasteiger partial charge in [0.25, 0.3) is 0 Å². The van der Waals surface area contributed by atoms with Crippen LogP contribution in [0.5, 0.6) is 0 Å². The fourth-order valence-corrected chi connectivity index (χ4v) is 2.00. The molecule has 0 rings (SSSR count). The third-order valence-electron chi connectivity index (χ3n) is 3.59. The van der Waals surface area contributed by atoms with Gasteiger partial charge in [-0.05, 0) is 0 Å². The van der Waals surface area contributed by atoms with Gasteiger partial charge in [0, 0.05) is 38.8 Å². The number of hydrogen-bond acceptors (Lipinski definition) is 10. The van der Waals surface area contributed by atoms with Crippen molar-refractivity contribution in [3.8, 4) is 0 Å². The smallest absolute Gasteiger partial charge is 0.330 e. The minimum absolute atomic E-state index is 0.116. The van der Waals surface area contributed by atoms with E-state index in [0.29, 0.717) is 32.7 Å². The van der Waals surface area contributed by atoms with Gasteiger partial charge in [0.2, 0.25) is 0 Å². The Bertz CT molecular complexity index is 510. The molecule has 1 N–H and O–H groups in total. The maximum atomic E-state index is 11.8. The van der Waals surface area contributed by atoms with E-state index >= 15 is 0 Å². The van der Waals surface area contributed by atoms with Gasteiger partial charge in [-0.2, -0.15) is 0 Å². The molecule has 0 radical (unpaired) electrons. The third-order valence-corrected chi connectivity index (χ3v) is 3.59. The van der Waals surface area contributed by atoms with Gasteiger partial charge in [-0.15, -0.1) is 0 Å². The van der Waals surface area contributed by atoms with Gasteiger partial charge in [0.1, 0.15) is 13.2 Å². The topological polar surface area (TPSA) is 120 Å². The highest BCUT2D eigenvalue weighted by Gasteiger charge is 2.12. The van der Waals surface area contributed by atoms with Crippen molar-refractivity contribution in [2.24, 2.45) is 0 Å². The summed E-state index contributed by atoms with van der Waals surface area (Å²) in [5.41, 5.74) is 0. The highest BCUT2D eigenvalue weighted by molar-refractivity contribution is 5.81. The van der Waals surface area contributed by atoms with E-state index in [0.717, 1.165) is 6.08 Å². The standard InChI is InChI=1S/C18H30N2O8/c1-4-15(21)28-14-12-20(10-6-17(23)26-3)11-7-18(24)27-13-9-19-8-5-16(22)25-2/h4,19H,1,5-14H2,2-3H3. The van der Waals surface area contributed by atoms with Gasteiger partial charge in [-0.25, -0.2) is 4.79 Å². The van der Waals surface area contributed by atoms with E-state index in [1.807, 2.05) is 4.90 Å². The summed E-state index contributed by atoms with van der Waals surface area (Å²) in [5.74, 6) is -1.60. The van der Waals surface area contributed by atoms with Crippen LogP contribution >= 0.6 is 0 Å². The van der Waals surface area contributed by atoms with Crippen molar-refractivity contribution in [3.63, 3.8) is 0 Å². The Morgan fingerprint density at radius 1 is 0.821 bits per heavy atom. The van der Waals surface area contributed by atoms with Gasteiger partial charge in [-0.3, -0.25) is 19.3 Å². The van der Waals surface area contributed by atoms with Crippen molar-refractivity contribution in [1.82, 2.24) is 10.2 Å². The molecule has 0 saturated carbocycles. The van der Waals surface area contributed by atoms with Crippen LogP contribution in [-0.4, -0.2) is 88.9 Å². The first-order valence-corrected chi connectivity index (χ1v) is 8.94. The zero-order valence-corrected chi connectivity index (χ0v) is 16.6. The fourth-order valence-electron chi connectivity index (χ4n) is 2.00. The molecular weight excluding hydrogens is 372 g/mol. The summed E-state index contributed by atoms with van der Waals surface area (Å²) in [6.07, 6.45) is 1.59.